The van der Waals surface area contributed by atoms with Crippen LogP contribution in [0.1, 0.15) is 83.0 Å². The highest BCUT2D eigenvalue weighted by molar-refractivity contribution is 6.04. The van der Waals surface area contributed by atoms with Crippen LogP contribution in [0.4, 0.5) is 27.9 Å². The molecule has 2 aromatic rings. The first-order valence-electron chi connectivity index (χ1n) is 21.1. The van der Waals surface area contributed by atoms with Crippen LogP contribution < -0.4 is 25.2 Å². The summed E-state index contributed by atoms with van der Waals surface area (Å²) in [5.41, 5.74) is 1.25. The Balaban J connectivity index is 0.898. The maximum atomic E-state index is 13.2. The van der Waals surface area contributed by atoms with Gasteiger partial charge in [-0.15, -0.1) is 0 Å². The van der Waals surface area contributed by atoms with Crippen molar-refractivity contribution in [1.29, 1.82) is 0 Å². The van der Waals surface area contributed by atoms with Crippen LogP contribution in [0.3, 0.4) is 0 Å². The van der Waals surface area contributed by atoms with Crippen LogP contribution in [-0.2, 0) is 33.2 Å². The van der Waals surface area contributed by atoms with Crippen molar-refractivity contribution in [3.05, 3.63) is 30.0 Å². The lowest BCUT2D eigenvalue weighted by molar-refractivity contribution is -0.120. The molecule has 3 heterocycles. The number of aromatic nitrogens is 2. The van der Waals surface area contributed by atoms with Gasteiger partial charge in [0.15, 0.2) is 5.82 Å². The van der Waals surface area contributed by atoms with E-state index in [1.54, 1.807) is 48.4 Å². The highest BCUT2D eigenvalue weighted by Gasteiger charge is 2.41. The molecule has 0 unspecified atom stereocenters. The zero-order valence-corrected chi connectivity index (χ0v) is 35.8. The third-order valence-corrected chi connectivity index (χ3v) is 10.4. The fourth-order valence-electron chi connectivity index (χ4n) is 7.41. The Morgan fingerprint density at radius 2 is 1.51 bits per heavy atom. The number of amides is 3. The van der Waals surface area contributed by atoms with Crippen molar-refractivity contribution in [3.63, 3.8) is 0 Å². The molecule has 17 heteroatoms. The number of carbonyl (C=O) groups is 3. The van der Waals surface area contributed by atoms with Crippen LogP contribution in [0.5, 0.6) is 5.75 Å². The zero-order valence-electron chi connectivity index (χ0n) is 35.8. The second kappa shape index (κ2) is 22.9. The Labute approximate surface area is 348 Å². The lowest BCUT2D eigenvalue weighted by atomic mass is 10.0. The van der Waals surface area contributed by atoms with Gasteiger partial charge in [-0.3, -0.25) is 9.59 Å². The SMILES string of the molecule is CC[C@@H]1C(=O)N(C)c2cnc(Nc3ccc(C(=O)NCCOCCOCCOCCOCCOC4CCN(C(=O)OC(C)(C)C)CC4)cc3OC)nc2N1C1CCCC1. The maximum absolute atomic E-state index is 13.2. The molecule has 2 fully saturated rings. The van der Waals surface area contributed by atoms with Gasteiger partial charge in [0.2, 0.25) is 11.9 Å². The van der Waals surface area contributed by atoms with Gasteiger partial charge in [0.05, 0.1) is 84.6 Å². The zero-order chi connectivity index (χ0) is 42.2. The number of carbonyl (C=O) groups excluding carboxylic acids is 3. The number of nitrogens with zero attached hydrogens (tertiary/aromatic N) is 5. The number of hydrogen-bond acceptors (Lipinski definition) is 14. The summed E-state index contributed by atoms with van der Waals surface area (Å²) in [5, 5.41) is 6.13. The molecule has 0 bridgehead atoms. The molecule has 1 atom stereocenters. The second-order valence-corrected chi connectivity index (χ2v) is 15.9. The Kier molecular flexibility index (Phi) is 17.8. The number of benzene rings is 1. The molecule has 2 N–H and O–H groups in total. The van der Waals surface area contributed by atoms with Crippen LogP contribution in [-0.4, -0.2) is 150 Å². The Morgan fingerprint density at radius 3 is 2.12 bits per heavy atom. The van der Waals surface area contributed by atoms with Crippen molar-refractivity contribution in [2.24, 2.45) is 0 Å². The molecule has 1 saturated carbocycles. The molecular weight excluding hydrogens is 763 g/mol. The lowest BCUT2D eigenvalue weighted by Crippen LogP contribution is -2.55. The first-order chi connectivity index (χ1) is 28.5. The average Bonchev–Trinajstić information content (AvgIpc) is 3.76. The van der Waals surface area contributed by atoms with E-state index >= 15 is 0 Å². The summed E-state index contributed by atoms with van der Waals surface area (Å²) in [5.74, 6) is 1.41. The van der Waals surface area contributed by atoms with Gasteiger partial charge in [0.25, 0.3) is 5.91 Å². The van der Waals surface area contributed by atoms with Crippen LogP contribution >= 0.6 is 0 Å². The van der Waals surface area contributed by atoms with Crippen molar-refractivity contribution in [1.82, 2.24) is 20.2 Å². The molecule has 1 saturated heterocycles. The second-order valence-electron chi connectivity index (χ2n) is 15.9. The fourth-order valence-corrected chi connectivity index (χ4v) is 7.41. The van der Waals surface area contributed by atoms with Gasteiger partial charge in [0.1, 0.15) is 23.1 Å². The van der Waals surface area contributed by atoms with Crippen molar-refractivity contribution < 1.29 is 47.5 Å². The summed E-state index contributed by atoms with van der Waals surface area (Å²) < 4.78 is 39.3. The van der Waals surface area contributed by atoms with E-state index in [4.69, 9.17) is 38.1 Å². The van der Waals surface area contributed by atoms with Gasteiger partial charge in [-0.25, -0.2) is 9.78 Å². The van der Waals surface area contributed by atoms with Gasteiger partial charge in [-0.1, -0.05) is 19.8 Å². The predicted molar refractivity (Wildman–Crippen MR) is 223 cm³/mol. The quantitative estimate of drug-likeness (QED) is 0.153. The number of piperidine rings is 1. The Hall–Kier alpha value is -4.29. The van der Waals surface area contributed by atoms with Crippen molar-refractivity contribution >= 4 is 41.0 Å². The third kappa shape index (κ3) is 13.6. The summed E-state index contributed by atoms with van der Waals surface area (Å²) in [4.78, 5) is 53.4. The van der Waals surface area contributed by atoms with E-state index in [9.17, 15) is 14.4 Å². The lowest BCUT2D eigenvalue weighted by Gasteiger charge is -2.43. The summed E-state index contributed by atoms with van der Waals surface area (Å²) in [7, 11) is 3.32. The standard InChI is InChI=1S/C42H65N7O10/c1-7-34-39(51)47(5)35-29-44-40(46-37(35)49(34)31-10-8-9-11-31)45-33-13-12-30(28-36(33)53-6)38(50)43-16-19-54-20-21-55-22-23-56-24-25-57-26-27-58-32-14-17-48(18-15-32)41(52)59-42(2,3)4/h12-13,28-29,31-32,34H,7-11,14-27H2,1-6H3,(H,43,50)(H,44,45,46)/t34-/m1/s1. The number of ether oxygens (including phenoxy) is 7. The smallest absolute Gasteiger partial charge is 0.410 e. The molecule has 2 aliphatic heterocycles. The minimum atomic E-state index is -0.492. The van der Waals surface area contributed by atoms with Crippen molar-refractivity contribution in [2.45, 2.75) is 96.4 Å². The third-order valence-electron chi connectivity index (χ3n) is 10.4. The number of methoxy groups -OCH3 is 1. The summed E-state index contributed by atoms with van der Waals surface area (Å²) >= 11 is 0. The maximum Gasteiger partial charge on any atom is 0.410 e. The highest BCUT2D eigenvalue weighted by Crippen LogP contribution is 2.40. The molecule has 3 aliphatic rings. The minimum absolute atomic E-state index is 0.0649. The molecule has 1 aliphatic carbocycles. The molecule has 0 spiro atoms. The van der Waals surface area contributed by atoms with Crippen LogP contribution in [0.15, 0.2) is 24.4 Å². The Bertz CT molecular complexity index is 1650. The number of nitrogens with one attached hydrogen (secondary N) is 2. The molecule has 5 rings (SSSR count). The predicted octanol–water partition coefficient (Wildman–Crippen LogP) is 4.95. The van der Waals surface area contributed by atoms with Gasteiger partial charge >= 0.3 is 6.09 Å². The van der Waals surface area contributed by atoms with Gasteiger partial charge in [0, 0.05) is 38.3 Å². The highest BCUT2D eigenvalue weighted by atomic mass is 16.6. The van der Waals surface area contributed by atoms with E-state index in [2.05, 4.69) is 20.5 Å². The Morgan fingerprint density at radius 1 is 0.881 bits per heavy atom. The van der Waals surface area contributed by atoms with E-state index in [0.29, 0.717) is 114 Å². The molecular formula is C42H65N7O10. The number of fused-ring (bicyclic) bond motifs is 1. The molecule has 0 radical (unpaired) electrons. The number of likely N-dealkylation sites (tertiary alicyclic amines) is 1. The topological polar surface area (TPSA) is 175 Å². The molecule has 3 amide bonds. The molecule has 17 nitrogen and oxygen atoms in total. The number of hydrogen-bond donors (Lipinski definition) is 2. The van der Waals surface area contributed by atoms with Crippen LogP contribution in [0.2, 0.25) is 0 Å². The van der Waals surface area contributed by atoms with Gasteiger partial charge in [-0.05, 0) is 71.1 Å². The van der Waals surface area contributed by atoms with E-state index in [1.165, 1.54) is 0 Å². The fraction of sp³-hybridized carbons (Fsp3) is 0.690. The summed E-state index contributed by atoms with van der Waals surface area (Å²) in [6.45, 7) is 13.2. The normalized spacial score (nSPS) is 17.6. The summed E-state index contributed by atoms with van der Waals surface area (Å²) in [6, 6.07) is 5.15. The van der Waals surface area contributed by atoms with E-state index in [-0.39, 0.29) is 36.1 Å². The number of anilines is 4. The van der Waals surface area contributed by atoms with E-state index in [1.807, 2.05) is 27.7 Å². The molecule has 1 aromatic carbocycles. The van der Waals surface area contributed by atoms with E-state index < -0.39 is 5.60 Å². The van der Waals surface area contributed by atoms with E-state index in [0.717, 1.165) is 44.3 Å². The number of rotatable bonds is 22. The molecule has 1 aromatic heterocycles. The van der Waals surface area contributed by atoms with Crippen LogP contribution in [0.25, 0.3) is 0 Å². The van der Waals surface area contributed by atoms with Crippen molar-refractivity contribution in [2.75, 3.05) is 108 Å². The number of likely N-dealkylation sites (N-methyl/N-ethyl adjacent to an activating group) is 1. The molecule has 59 heavy (non-hydrogen) atoms. The largest absolute Gasteiger partial charge is 0.495 e. The van der Waals surface area contributed by atoms with Crippen LogP contribution in [0, 0.1) is 0 Å². The van der Waals surface area contributed by atoms with Gasteiger partial charge < -0.3 is 58.5 Å². The molecule has 328 valence electrons. The first-order valence-corrected chi connectivity index (χ1v) is 21.1. The first kappa shape index (κ1) is 45.8. The van der Waals surface area contributed by atoms with Crippen molar-refractivity contribution in [3.8, 4) is 5.75 Å². The minimum Gasteiger partial charge on any atom is -0.495 e. The average molecular weight is 828 g/mol. The monoisotopic (exact) mass is 827 g/mol. The summed E-state index contributed by atoms with van der Waals surface area (Å²) in [6.07, 6.45) is 8.16. The van der Waals surface area contributed by atoms with Gasteiger partial charge in [-0.2, -0.15) is 4.98 Å².